The van der Waals surface area contributed by atoms with E-state index in [0.29, 0.717) is 11.6 Å². The summed E-state index contributed by atoms with van der Waals surface area (Å²) in [6.45, 7) is 0. The molecule has 5 heteroatoms. The number of H-pyrrole nitrogens is 1. The molecule has 2 aromatic rings. The molecule has 92 valence electrons. The number of carbonyl (C=O) groups excluding carboxylic acids is 1. The first-order valence-electron chi connectivity index (χ1n) is 5.98. The molecule has 1 N–H and O–H groups in total. The highest BCUT2D eigenvalue weighted by atomic mass is 16.2. The molecule has 1 saturated carbocycles. The van der Waals surface area contributed by atoms with Crippen LogP contribution in [0, 0.1) is 0 Å². The van der Waals surface area contributed by atoms with E-state index in [0.717, 1.165) is 24.1 Å². The standard InChI is InChI=1S/C13H14N4O/c1-17(10-4-5-10)13(18)11-8-15-16-12(11)9-3-2-6-14-7-9/h2-3,6-8,10H,4-5H2,1H3,(H,15,16). The van der Waals surface area contributed by atoms with E-state index in [1.54, 1.807) is 23.5 Å². The van der Waals surface area contributed by atoms with Crippen molar-refractivity contribution in [3.63, 3.8) is 0 Å². The van der Waals surface area contributed by atoms with Crippen LogP contribution in [0.15, 0.2) is 30.7 Å². The summed E-state index contributed by atoms with van der Waals surface area (Å²) in [5.41, 5.74) is 2.22. The second-order valence-corrected chi connectivity index (χ2v) is 4.55. The van der Waals surface area contributed by atoms with Crippen molar-refractivity contribution in [1.29, 1.82) is 0 Å². The van der Waals surface area contributed by atoms with E-state index in [1.807, 2.05) is 19.2 Å². The quantitative estimate of drug-likeness (QED) is 0.891. The summed E-state index contributed by atoms with van der Waals surface area (Å²) in [5.74, 6) is 0.0186. The minimum atomic E-state index is 0.0186. The molecule has 1 fully saturated rings. The fourth-order valence-corrected chi connectivity index (χ4v) is 2.00. The molecule has 0 aliphatic heterocycles. The predicted molar refractivity (Wildman–Crippen MR) is 66.9 cm³/mol. The second-order valence-electron chi connectivity index (χ2n) is 4.55. The molecular weight excluding hydrogens is 228 g/mol. The van der Waals surface area contributed by atoms with Gasteiger partial charge >= 0.3 is 0 Å². The largest absolute Gasteiger partial charge is 0.339 e. The van der Waals surface area contributed by atoms with E-state index in [1.165, 1.54) is 0 Å². The molecule has 0 atom stereocenters. The fourth-order valence-electron chi connectivity index (χ4n) is 2.00. The Bertz CT molecular complexity index is 559. The molecule has 5 nitrogen and oxygen atoms in total. The van der Waals surface area contributed by atoms with Gasteiger partial charge in [-0.3, -0.25) is 14.9 Å². The van der Waals surface area contributed by atoms with Crippen LogP contribution >= 0.6 is 0 Å². The van der Waals surface area contributed by atoms with E-state index in [9.17, 15) is 4.79 Å². The lowest BCUT2D eigenvalue weighted by atomic mass is 10.1. The highest BCUT2D eigenvalue weighted by Gasteiger charge is 2.31. The van der Waals surface area contributed by atoms with Crippen LogP contribution in [0.2, 0.25) is 0 Å². The van der Waals surface area contributed by atoms with Crippen LogP contribution in [0.25, 0.3) is 11.3 Å². The van der Waals surface area contributed by atoms with E-state index in [2.05, 4.69) is 15.2 Å². The molecule has 0 unspecified atom stereocenters. The molecule has 0 bridgehead atoms. The third-order valence-electron chi connectivity index (χ3n) is 3.23. The first-order chi connectivity index (χ1) is 8.77. The Hall–Kier alpha value is -2.17. The second kappa shape index (κ2) is 4.25. The summed E-state index contributed by atoms with van der Waals surface area (Å²) in [6.07, 6.45) is 7.22. The Morgan fingerprint density at radius 3 is 2.94 bits per heavy atom. The van der Waals surface area contributed by atoms with Gasteiger partial charge in [0, 0.05) is 31.0 Å². The highest BCUT2D eigenvalue weighted by molar-refractivity contribution is 5.99. The number of amides is 1. The number of hydrogen-bond acceptors (Lipinski definition) is 3. The number of aromatic amines is 1. The van der Waals surface area contributed by atoms with Gasteiger partial charge in [0.2, 0.25) is 0 Å². The van der Waals surface area contributed by atoms with E-state index < -0.39 is 0 Å². The van der Waals surface area contributed by atoms with Crippen LogP contribution in [0.4, 0.5) is 0 Å². The normalized spacial score (nSPS) is 14.5. The first kappa shape index (κ1) is 11.0. The van der Waals surface area contributed by atoms with Crippen LogP contribution in [-0.4, -0.2) is 39.1 Å². The molecule has 1 amide bonds. The van der Waals surface area contributed by atoms with Crippen molar-refractivity contribution < 1.29 is 4.79 Å². The smallest absolute Gasteiger partial charge is 0.257 e. The summed E-state index contributed by atoms with van der Waals surface area (Å²) in [6, 6.07) is 4.15. The van der Waals surface area contributed by atoms with Gasteiger partial charge in [-0.2, -0.15) is 5.10 Å². The SMILES string of the molecule is CN(C(=O)c1cn[nH]c1-c1cccnc1)C1CC1. The third kappa shape index (κ3) is 1.88. The Kier molecular flexibility index (Phi) is 2.59. The molecule has 18 heavy (non-hydrogen) atoms. The van der Waals surface area contributed by atoms with Crippen LogP contribution in [0.5, 0.6) is 0 Å². The lowest BCUT2D eigenvalue weighted by molar-refractivity contribution is 0.0786. The van der Waals surface area contributed by atoms with Gasteiger partial charge in [0.25, 0.3) is 5.91 Å². The van der Waals surface area contributed by atoms with Gasteiger partial charge in [-0.05, 0) is 25.0 Å². The van der Waals surface area contributed by atoms with Crippen molar-refractivity contribution in [2.45, 2.75) is 18.9 Å². The Balaban J connectivity index is 1.94. The number of rotatable bonds is 3. The Labute approximate surface area is 105 Å². The molecule has 2 aromatic heterocycles. The number of aromatic nitrogens is 3. The Morgan fingerprint density at radius 2 is 2.28 bits per heavy atom. The summed E-state index contributed by atoms with van der Waals surface area (Å²) in [7, 11) is 1.85. The lowest BCUT2D eigenvalue weighted by Gasteiger charge is -2.15. The van der Waals surface area contributed by atoms with Crippen molar-refractivity contribution in [3.05, 3.63) is 36.3 Å². The van der Waals surface area contributed by atoms with Crippen LogP contribution in [0.1, 0.15) is 23.2 Å². The zero-order chi connectivity index (χ0) is 12.5. The van der Waals surface area contributed by atoms with Crippen LogP contribution < -0.4 is 0 Å². The number of hydrogen-bond donors (Lipinski definition) is 1. The van der Waals surface area contributed by atoms with Crippen molar-refractivity contribution in [1.82, 2.24) is 20.1 Å². The molecule has 2 heterocycles. The van der Waals surface area contributed by atoms with Gasteiger partial charge in [0.05, 0.1) is 17.5 Å². The molecule has 0 radical (unpaired) electrons. The van der Waals surface area contributed by atoms with Gasteiger partial charge < -0.3 is 4.90 Å². The topological polar surface area (TPSA) is 61.9 Å². The summed E-state index contributed by atoms with van der Waals surface area (Å²) in [4.78, 5) is 18.2. The minimum Gasteiger partial charge on any atom is -0.339 e. The van der Waals surface area contributed by atoms with E-state index in [4.69, 9.17) is 0 Å². The predicted octanol–water partition coefficient (Wildman–Crippen LogP) is 1.71. The molecule has 3 rings (SSSR count). The molecule has 1 aliphatic rings. The van der Waals surface area contributed by atoms with Gasteiger partial charge in [0.1, 0.15) is 0 Å². The average molecular weight is 242 g/mol. The maximum atomic E-state index is 12.3. The number of nitrogens with zero attached hydrogens (tertiary/aromatic N) is 3. The molecule has 0 saturated heterocycles. The maximum Gasteiger partial charge on any atom is 0.257 e. The summed E-state index contributed by atoms with van der Waals surface area (Å²) >= 11 is 0. The number of carbonyl (C=O) groups is 1. The molecular formula is C13H14N4O. The minimum absolute atomic E-state index is 0.0186. The van der Waals surface area contributed by atoms with E-state index >= 15 is 0 Å². The number of nitrogens with one attached hydrogen (secondary N) is 1. The van der Waals surface area contributed by atoms with Crippen LogP contribution in [0.3, 0.4) is 0 Å². The third-order valence-corrected chi connectivity index (χ3v) is 3.23. The zero-order valence-electron chi connectivity index (χ0n) is 10.1. The van der Waals surface area contributed by atoms with Crippen LogP contribution in [-0.2, 0) is 0 Å². The average Bonchev–Trinajstić information content (AvgIpc) is 3.15. The molecule has 0 spiro atoms. The highest BCUT2D eigenvalue weighted by Crippen LogP contribution is 2.28. The molecule has 0 aromatic carbocycles. The maximum absolute atomic E-state index is 12.3. The van der Waals surface area contributed by atoms with Gasteiger partial charge in [-0.15, -0.1) is 0 Å². The van der Waals surface area contributed by atoms with Crippen molar-refractivity contribution >= 4 is 5.91 Å². The molecule has 1 aliphatic carbocycles. The van der Waals surface area contributed by atoms with Gasteiger partial charge in [0.15, 0.2) is 0 Å². The monoisotopic (exact) mass is 242 g/mol. The lowest BCUT2D eigenvalue weighted by Crippen LogP contribution is -2.28. The first-order valence-corrected chi connectivity index (χ1v) is 5.98. The van der Waals surface area contributed by atoms with Gasteiger partial charge in [-0.25, -0.2) is 0 Å². The van der Waals surface area contributed by atoms with Crippen molar-refractivity contribution in [3.8, 4) is 11.3 Å². The van der Waals surface area contributed by atoms with E-state index in [-0.39, 0.29) is 5.91 Å². The summed E-state index contributed by atoms with van der Waals surface area (Å²) in [5, 5.41) is 6.86. The fraction of sp³-hybridized carbons (Fsp3) is 0.308. The zero-order valence-corrected chi connectivity index (χ0v) is 10.1. The van der Waals surface area contributed by atoms with Crippen molar-refractivity contribution in [2.75, 3.05) is 7.05 Å². The van der Waals surface area contributed by atoms with Crippen molar-refractivity contribution in [2.24, 2.45) is 0 Å². The number of pyridine rings is 1. The Morgan fingerprint density at radius 1 is 1.44 bits per heavy atom. The van der Waals surface area contributed by atoms with Gasteiger partial charge in [-0.1, -0.05) is 0 Å². The summed E-state index contributed by atoms with van der Waals surface area (Å²) < 4.78 is 0.